The van der Waals surface area contributed by atoms with E-state index in [1.165, 1.54) is 6.20 Å². The van der Waals surface area contributed by atoms with Crippen LogP contribution in [0, 0.1) is 0 Å². The number of morpholine rings is 1. The molecule has 0 aromatic carbocycles. The van der Waals surface area contributed by atoms with Crippen molar-refractivity contribution in [1.82, 2.24) is 20.0 Å². The summed E-state index contributed by atoms with van der Waals surface area (Å²) >= 11 is 0. The molecule has 8 heteroatoms. The molecule has 0 radical (unpaired) electrons. The van der Waals surface area contributed by atoms with Gasteiger partial charge in [-0.05, 0) is 0 Å². The van der Waals surface area contributed by atoms with Crippen LogP contribution in [0.15, 0.2) is 11.2 Å². The van der Waals surface area contributed by atoms with Gasteiger partial charge >= 0.3 is 0 Å². The summed E-state index contributed by atoms with van der Waals surface area (Å²) in [6.07, 6.45) is 1.88. The number of sulfonamides is 1. The van der Waals surface area contributed by atoms with Crippen molar-refractivity contribution < 1.29 is 13.2 Å². The summed E-state index contributed by atoms with van der Waals surface area (Å²) in [4.78, 5) is 6.75. The Bertz CT molecular complexity index is 479. The van der Waals surface area contributed by atoms with E-state index in [2.05, 4.69) is 20.0 Å². The van der Waals surface area contributed by atoms with Gasteiger partial charge in [-0.3, -0.25) is 0 Å². The maximum Gasteiger partial charge on any atom is 0.257 e. The molecule has 102 valence electrons. The van der Waals surface area contributed by atoms with Gasteiger partial charge in [0, 0.05) is 26.1 Å². The molecule has 1 aromatic rings. The van der Waals surface area contributed by atoms with Crippen LogP contribution in [-0.2, 0) is 21.2 Å². The van der Waals surface area contributed by atoms with E-state index in [1.54, 1.807) is 0 Å². The molecule has 2 rings (SSSR count). The van der Waals surface area contributed by atoms with Gasteiger partial charge in [-0.1, -0.05) is 6.92 Å². The molecular formula is C10H18N4O3S. The highest BCUT2D eigenvalue weighted by atomic mass is 32.2. The van der Waals surface area contributed by atoms with Crippen LogP contribution in [0.4, 0.5) is 0 Å². The highest BCUT2D eigenvalue weighted by molar-refractivity contribution is 7.89. The first kappa shape index (κ1) is 13.5. The van der Waals surface area contributed by atoms with Crippen molar-refractivity contribution in [2.45, 2.75) is 24.5 Å². The molecule has 7 nitrogen and oxygen atoms in total. The normalized spacial score (nSPS) is 21.1. The molecule has 0 bridgehead atoms. The molecule has 0 saturated carbocycles. The summed E-state index contributed by atoms with van der Waals surface area (Å²) in [6.45, 7) is 4.24. The minimum atomic E-state index is -3.52. The van der Waals surface area contributed by atoms with E-state index >= 15 is 0 Å². The van der Waals surface area contributed by atoms with Gasteiger partial charge in [-0.15, -0.1) is 0 Å². The summed E-state index contributed by atoms with van der Waals surface area (Å²) in [7, 11) is -3.52. The molecule has 1 atom stereocenters. The Morgan fingerprint density at radius 2 is 2.44 bits per heavy atom. The SMILES string of the molecule is CCc1ncc(S(=O)(=O)NCC2CNCCO2)[nH]1. The lowest BCUT2D eigenvalue weighted by Gasteiger charge is -2.23. The molecule has 1 aromatic heterocycles. The predicted molar refractivity (Wildman–Crippen MR) is 65.8 cm³/mol. The highest BCUT2D eigenvalue weighted by Crippen LogP contribution is 2.06. The third-order valence-corrected chi connectivity index (χ3v) is 4.07. The number of imidazole rings is 1. The highest BCUT2D eigenvalue weighted by Gasteiger charge is 2.20. The Hall–Kier alpha value is -0.960. The van der Waals surface area contributed by atoms with Gasteiger partial charge in [0.1, 0.15) is 5.82 Å². The van der Waals surface area contributed by atoms with Crippen LogP contribution in [0.1, 0.15) is 12.7 Å². The zero-order valence-electron chi connectivity index (χ0n) is 10.3. The summed E-state index contributed by atoms with van der Waals surface area (Å²) in [6, 6.07) is 0. The fraction of sp³-hybridized carbons (Fsp3) is 0.700. The molecule has 1 saturated heterocycles. The number of hydrogen-bond donors (Lipinski definition) is 3. The number of H-pyrrole nitrogens is 1. The number of rotatable bonds is 5. The van der Waals surface area contributed by atoms with Crippen LogP contribution in [0.5, 0.6) is 0 Å². The zero-order valence-corrected chi connectivity index (χ0v) is 11.1. The second-order valence-corrected chi connectivity index (χ2v) is 5.83. The molecule has 3 N–H and O–H groups in total. The van der Waals surface area contributed by atoms with E-state index in [1.807, 2.05) is 6.92 Å². The lowest BCUT2D eigenvalue weighted by molar-refractivity contribution is 0.0324. The molecule has 1 aliphatic heterocycles. The van der Waals surface area contributed by atoms with E-state index in [9.17, 15) is 8.42 Å². The van der Waals surface area contributed by atoms with Crippen molar-refractivity contribution in [3.05, 3.63) is 12.0 Å². The van der Waals surface area contributed by atoms with Crippen LogP contribution < -0.4 is 10.0 Å². The minimum absolute atomic E-state index is 0.100. The largest absolute Gasteiger partial charge is 0.374 e. The van der Waals surface area contributed by atoms with Gasteiger partial charge in [0.05, 0.1) is 18.9 Å². The number of nitrogens with one attached hydrogen (secondary N) is 3. The molecule has 2 heterocycles. The Morgan fingerprint density at radius 3 is 3.06 bits per heavy atom. The van der Waals surface area contributed by atoms with Gasteiger partial charge in [0.15, 0.2) is 5.03 Å². The summed E-state index contributed by atoms with van der Waals surface area (Å²) in [5, 5.41) is 3.24. The lowest BCUT2D eigenvalue weighted by Crippen LogP contribution is -2.45. The van der Waals surface area contributed by atoms with Crippen molar-refractivity contribution in [2.75, 3.05) is 26.2 Å². The molecule has 0 aliphatic carbocycles. The van der Waals surface area contributed by atoms with Gasteiger partial charge in [0.25, 0.3) is 10.0 Å². The topological polar surface area (TPSA) is 96.1 Å². The first-order valence-electron chi connectivity index (χ1n) is 5.97. The number of aromatic nitrogens is 2. The number of hydrogen-bond acceptors (Lipinski definition) is 5. The standard InChI is InChI=1S/C10H18N4O3S/c1-2-9-12-7-10(14-9)18(15,16)13-6-8-5-11-3-4-17-8/h7-8,11,13H,2-6H2,1H3,(H,12,14). The average molecular weight is 274 g/mol. The van der Waals surface area contributed by atoms with Crippen molar-refractivity contribution in [2.24, 2.45) is 0 Å². The monoisotopic (exact) mass is 274 g/mol. The van der Waals surface area contributed by atoms with Crippen molar-refractivity contribution in [3.8, 4) is 0 Å². The first-order chi connectivity index (χ1) is 8.62. The zero-order chi connectivity index (χ0) is 13.0. The summed E-state index contributed by atoms with van der Waals surface area (Å²) < 4.78 is 31.8. The first-order valence-corrected chi connectivity index (χ1v) is 7.46. The van der Waals surface area contributed by atoms with Crippen LogP contribution in [0.25, 0.3) is 0 Å². The fourth-order valence-corrected chi connectivity index (χ4v) is 2.70. The molecule has 0 amide bonds. The van der Waals surface area contributed by atoms with E-state index in [-0.39, 0.29) is 17.7 Å². The Balaban J connectivity index is 1.94. The molecule has 18 heavy (non-hydrogen) atoms. The maximum absolute atomic E-state index is 11.9. The molecule has 1 unspecified atom stereocenters. The van der Waals surface area contributed by atoms with E-state index < -0.39 is 10.0 Å². The summed E-state index contributed by atoms with van der Waals surface area (Å²) in [5.41, 5.74) is 0. The smallest absolute Gasteiger partial charge is 0.257 e. The molecule has 1 fully saturated rings. The predicted octanol–water partition coefficient (Wildman–Crippen LogP) is -0.761. The van der Waals surface area contributed by atoms with Gasteiger partial charge in [-0.25, -0.2) is 18.1 Å². The minimum Gasteiger partial charge on any atom is -0.374 e. The van der Waals surface area contributed by atoms with Crippen LogP contribution >= 0.6 is 0 Å². The number of ether oxygens (including phenoxy) is 1. The Labute approximate surface area is 106 Å². The third-order valence-electron chi connectivity index (χ3n) is 2.73. The summed E-state index contributed by atoms with van der Waals surface area (Å²) in [5.74, 6) is 0.658. The number of nitrogens with zero attached hydrogens (tertiary/aromatic N) is 1. The van der Waals surface area contributed by atoms with E-state index in [0.717, 1.165) is 6.54 Å². The van der Waals surface area contributed by atoms with Gasteiger partial charge in [0.2, 0.25) is 0 Å². The van der Waals surface area contributed by atoms with Gasteiger partial charge in [-0.2, -0.15) is 0 Å². The molecular weight excluding hydrogens is 256 g/mol. The van der Waals surface area contributed by atoms with Crippen molar-refractivity contribution >= 4 is 10.0 Å². The molecule has 0 spiro atoms. The van der Waals surface area contributed by atoms with Crippen LogP contribution in [0.2, 0.25) is 0 Å². The third kappa shape index (κ3) is 3.29. The van der Waals surface area contributed by atoms with E-state index in [4.69, 9.17) is 4.74 Å². The van der Waals surface area contributed by atoms with Crippen molar-refractivity contribution in [3.63, 3.8) is 0 Å². The molecule has 1 aliphatic rings. The quantitative estimate of drug-likeness (QED) is 0.656. The van der Waals surface area contributed by atoms with Crippen LogP contribution in [0.3, 0.4) is 0 Å². The van der Waals surface area contributed by atoms with Crippen molar-refractivity contribution in [1.29, 1.82) is 0 Å². The number of aromatic amines is 1. The van der Waals surface area contributed by atoms with Gasteiger partial charge < -0.3 is 15.0 Å². The van der Waals surface area contributed by atoms with E-state index in [0.29, 0.717) is 25.4 Å². The maximum atomic E-state index is 11.9. The number of aryl methyl sites for hydroxylation is 1. The second kappa shape index (κ2) is 5.79. The Morgan fingerprint density at radius 1 is 1.61 bits per heavy atom. The average Bonchev–Trinajstić information content (AvgIpc) is 2.87. The lowest BCUT2D eigenvalue weighted by atomic mass is 10.3. The fourth-order valence-electron chi connectivity index (χ4n) is 1.69. The Kier molecular flexibility index (Phi) is 4.33. The second-order valence-electron chi connectivity index (χ2n) is 4.10. The van der Waals surface area contributed by atoms with Crippen LogP contribution in [-0.4, -0.2) is 50.7 Å².